The molecule has 0 aliphatic carbocycles. The molecule has 0 radical (unpaired) electrons. The monoisotopic (exact) mass is 628 g/mol. The van der Waals surface area contributed by atoms with E-state index in [1.165, 1.54) is 12.5 Å². The van der Waals surface area contributed by atoms with Crippen LogP contribution in [0.15, 0.2) is 78.9 Å². The van der Waals surface area contributed by atoms with Crippen LogP contribution in [0.5, 0.6) is 0 Å². The van der Waals surface area contributed by atoms with Crippen LogP contribution in [0.2, 0.25) is 0 Å². The fourth-order valence-electron chi connectivity index (χ4n) is 4.92. The molecule has 1 aliphatic heterocycles. The maximum Gasteiger partial charge on any atom is 0.328 e. The van der Waals surface area contributed by atoms with Crippen LogP contribution in [0.4, 0.5) is 27.7 Å². The molecule has 5 rings (SSSR count). The molecule has 5 N–H and O–H groups in total. The Morgan fingerprint density at radius 3 is 2.27 bits per heavy atom. The number of benzene rings is 3. The standard InChI is InChI=1S/C23H25N7O3S.C10H15N/c1-13(31)24-17-6-4-5-14(11-17)21(32)26-16-9-7-15(8-10-16)25-20-18-12-30(22(33)29-34)23(2,3)19(18)27-28-20;1-11(2)9-8-10-6-4-3-5-7-10/h4-11,34H,12H2,1-3H3,(H,24,31)(H,26,32)(H,29,33)(H2,25,27,28);3-7H,8-9H2,1-2H3. The average Bonchev–Trinajstić information content (AvgIpc) is 3.54. The van der Waals surface area contributed by atoms with Crippen molar-refractivity contribution in [2.24, 2.45) is 0 Å². The number of aromatic amines is 1. The number of thiol groups is 1. The zero-order valence-corrected chi connectivity index (χ0v) is 27.0. The third-order valence-electron chi connectivity index (χ3n) is 7.35. The number of H-pyrrole nitrogens is 1. The third kappa shape index (κ3) is 8.64. The lowest BCUT2D eigenvalue weighted by molar-refractivity contribution is -0.114. The molecular formula is C33H40N8O3S. The van der Waals surface area contributed by atoms with Gasteiger partial charge in [-0.2, -0.15) is 5.10 Å². The van der Waals surface area contributed by atoms with Crippen molar-refractivity contribution in [3.05, 3.63) is 101 Å². The average molecular weight is 629 g/mol. The Bertz CT molecular complexity index is 1620. The van der Waals surface area contributed by atoms with Gasteiger partial charge in [0, 0.05) is 41.7 Å². The van der Waals surface area contributed by atoms with Crippen LogP contribution in [-0.2, 0) is 23.3 Å². The van der Waals surface area contributed by atoms with Crippen molar-refractivity contribution in [1.29, 1.82) is 0 Å². The molecule has 0 saturated heterocycles. The SMILES string of the molecule is CC(=O)Nc1cccc(C(=O)Nc2ccc(Nc3n[nH]c4c3CN(C(=O)NS)C4(C)C)cc2)c1.CN(C)CCc1ccccc1. The molecule has 3 aromatic carbocycles. The second kappa shape index (κ2) is 14.8. The van der Waals surface area contributed by atoms with Gasteiger partial charge < -0.3 is 25.8 Å². The van der Waals surface area contributed by atoms with E-state index in [9.17, 15) is 14.4 Å². The minimum Gasteiger partial charge on any atom is -0.338 e. The number of rotatable bonds is 8. The number of carbonyl (C=O) groups excluding carboxylic acids is 3. The minimum absolute atomic E-state index is 0.204. The number of nitrogens with zero attached hydrogens (tertiary/aromatic N) is 3. The van der Waals surface area contributed by atoms with Crippen LogP contribution in [0.3, 0.4) is 0 Å². The zero-order chi connectivity index (χ0) is 32.6. The smallest absolute Gasteiger partial charge is 0.328 e. The normalized spacial score (nSPS) is 12.9. The largest absolute Gasteiger partial charge is 0.338 e. The lowest BCUT2D eigenvalue weighted by Gasteiger charge is -2.30. The minimum atomic E-state index is -0.555. The lowest BCUT2D eigenvalue weighted by atomic mass is 10.0. The van der Waals surface area contributed by atoms with Gasteiger partial charge in [-0.1, -0.05) is 49.2 Å². The molecule has 0 unspecified atom stereocenters. The van der Waals surface area contributed by atoms with E-state index >= 15 is 0 Å². The third-order valence-corrected chi connectivity index (χ3v) is 7.54. The lowest BCUT2D eigenvalue weighted by Crippen LogP contribution is -2.43. The summed E-state index contributed by atoms with van der Waals surface area (Å²) in [6.45, 7) is 6.80. The van der Waals surface area contributed by atoms with Gasteiger partial charge in [0.1, 0.15) is 0 Å². The number of urea groups is 1. The molecule has 11 nitrogen and oxygen atoms in total. The molecule has 1 aromatic heterocycles. The number of likely N-dealkylation sites (N-methyl/N-ethyl adjacent to an activating group) is 1. The maximum absolute atomic E-state index is 12.6. The van der Waals surface area contributed by atoms with Gasteiger partial charge in [-0.25, -0.2) is 4.79 Å². The summed E-state index contributed by atoms with van der Waals surface area (Å²) >= 11 is 3.88. The first-order chi connectivity index (χ1) is 21.5. The van der Waals surface area contributed by atoms with E-state index in [-0.39, 0.29) is 17.8 Å². The van der Waals surface area contributed by atoms with Gasteiger partial charge >= 0.3 is 6.03 Å². The van der Waals surface area contributed by atoms with Crippen LogP contribution < -0.4 is 20.7 Å². The van der Waals surface area contributed by atoms with Crippen molar-refractivity contribution < 1.29 is 14.4 Å². The first-order valence-corrected chi connectivity index (χ1v) is 15.0. The number of amides is 4. The van der Waals surface area contributed by atoms with Gasteiger partial charge in [0.15, 0.2) is 5.82 Å². The van der Waals surface area contributed by atoms with Gasteiger partial charge in [-0.05, 0) is 82.4 Å². The molecule has 0 bridgehead atoms. The second-order valence-electron chi connectivity index (χ2n) is 11.4. The van der Waals surface area contributed by atoms with E-state index in [0.717, 1.165) is 29.9 Å². The van der Waals surface area contributed by atoms with E-state index in [2.05, 4.69) is 93.0 Å². The molecule has 0 atom stereocenters. The molecule has 0 saturated carbocycles. The van der Waals surface area contributed by atoms with E-state index in [4.69, 9.17) is 0 Å². The molecule has 4 aromatic rings. The van der Waals surface area contributed by atoms with E-state index in [1.54, 1.807) is 41.3 Å². The molecular weight excluding hydrogens is 588 g/mol. The van der Waals surface area contributed by atoms with Crippen molar-refractivity contribution in [1.82, 2.24) is 24.7 Å². The van der Waals surface area contributed by atoms with Crippen molar-refractivity contribution in [2.45, 2.75) is 39.3 Å². The summed E-state index contributed by atoms with van der Waals surface area (Å²) in [7, 11) is 4.20. The highest BCUT2D eigenvalue weighted by molar-refractivity contribution is 7.78. The molecule has 2 heterocycles. The number of nitrogens with one attached hydrogen (secondary N) is 5. The van der Waals surface area contributed by atoms with Crippen molar-refractivity contribution in [3.8, 4) is 0 Å². The van der Waals surface area contributed by atoms with Crippen LogP contribution in [-0.4, -0.2) is 58.5 Å². The first-order valence-electron chi connectivity index (χ1n) is 14.5. The molecule has 0 spiro atoms. The van der Waals surface area contributed by atoms with Gasteiger partial charge in [-0.3, -0.25) is 19.4 Å². The molecule has 1 aliphatic rings. The molecule has 236 valence electrons. The Labute approximate surface area is 269 Å². The summed E-state index contributed by atoms with van der Waals surface area (Å²) in [4.78, 5) is 39.9. The Morgan fingerprint density at radius 2 is 1.62 bits per heavy atom. The summed E-state index contributed by atoms with van der Waals surface area (Å²) in [6, 6.07) is 24.2. The van der Waals surface area contributed by atoms with Crippen molar-refractivity contribution in [3.63, 3.8) is 0 Å². The quantitative estimate of drug-likeness (QED) is 0.138. The van der Waals surface area contributed by atoms with Gasteiger partial charge in [0.2, 0.25) is 5.91 Å². The Morgan fingerprint density at radius 1 is 0.933 bits per heavy atom. The summed E-state index contributed by atoms with van der Waals surface area (Å²) < 4.78 is 2.37. The molecule has 0 fully saturated rings. The molecule has 12 heteroatoms. The predicted octanol–water partition coefficient (Wildman–Crippen LogP) is 5.76. The van der Waals surface area contributed by atoms with Crippen LogP contribution in [0, 0.1) is 0 Å². The zero-order valence-electron chi connectivity index (χ0n) is 26.1. The van der Waals surface area contributed by atoms with Gasteiger partial charge in [0.05, 0.1) is 17.8 Å². The van der Waals surface area contributed by atoms with Gasteiger partial charge in [0.25, 0.3) is 5.91 Å². The Kier molecular flexibility index (Phi) is 10.9. The number of aromatic nitrogens is 2. The van der Waals surface area contributed by atoms with Crippen LogP contribution in [0.1, 0.15) is 48.0 Å². The number of fused-ring (bicyclic) bond motifs is 1. The fraction of sp³-hybridized carbons (Fsp3) is 0.273. The Hall–Kier alpha value is -4.81. The van der Waals surface area contributed by atoms with Gasteiger partial charge in [-0.15, -0.1) is 0 Å². The molecule has 45 heavy (non-hydrogen) atoms. The number of anilines is 4. The number of carbonyl (C=O) groups is 3. The summed E-state index contributed by atoms with van der Waals surface area (Å²) in [5.74, 6) is 0.136. The van der Waals surface area contributed by atoms with Crippen molar-refractivity contribution in [2.75, 3.05) is 36.6 Å². The van der Waals surface area contributed by atoms with Crippen LogP contribution in [0.25, 0.3) is 0 Å². The van der Waals surface area contributed by atoms with E-state index < -0.39 is 5.54 Å². The summed E-state index contributed by atoms with van der Waals surface area (Å²) in [5, 5.41) is 16.2. The number of hydrogen-bond donors (Lipinski definition) is 6. The van der Waals surface area contributed by atoms with Crippen LogP contribution >= 0.6 is 12.8 Å². The Balaban J connectivity index is 0.000000354. The van der Waals surface area contributed by atoms with Crippen molar-refractivity contribution >= 4 is 53.5 Å². The summed E-state index contributed by atoms with van der Waals surface area (Å²) in [5.41, 5.74) is 5.00. The first kappa shape index (κ1) is 33.1. The highest BCUT2D eigenvalue weighted by Crippen LogP contribution is 2.41. The summed E-state index contributed by atoms with van der Waals surface area (Å²) in [6.07, 6.45) is 1.15. The number of hydrogen-bond acceptors (Lipinski definition) is 7. The van der Waals surface area contributed by atoms with E-state index in [0.29, 0.717) is 29.3 Å². The highest BCUT2D eigenvalue weighted by atomic mass is 32.1. The maximum atomic E-state index is 12.6. The van der Waals surface area contributed by atoms with E-state index in [1.807, 2.05) is 26.0 Å². The second-order valence-corrected chi connectivity index (χ2v) is 11.7. The highest BCUT2D eigenvalue weighted by Gasteiger charge is 2.43. The molecule has 4 amide bonds. The topological polar surface area (TPSA) is 134 Å². The predicted molar refractivity (Wildman–Crippen MR) is 182 cm³/mol. The fourth-order valence-corrected chi connectivity index (χ4v) is 5.04.